The van der Waals surface area contributed by atoms with E-state index in [0.717, 1.165) is 0 Å². The molecule has 1 heterocycles. The maximum atomic E-state index is 12.8. The zero-order valence-corrected chi connectivity index (χ0v) is 7.72. The van der Waals surface area contributed by atoms with Crippen molar-refractivity contribution in [2.24, 2.45) is 0 Å². The molecule has 0 atom stereocenters. The van der Waals surface area contributed by atoms with Crippen LogP contribution in [0.3, 0.4) is 0 Å². The minimum Gasteiger partial charge on any atom is -0.225 e. The normalized spacial score (nSPS) is 10.1. The van der Waals surface area contributed by atoms with Gasteiger partial charge >= 0.3 is 0 Å². The molecular weight excluding hydrogens is 203 g/mol. The third-order valence-corrected chi connectivity index (χ3v) is 2.15. The molecule has 1 aromatic heterocycles. The number of hydrogen-bond donors (Lipinski definition) is 0. The van der Waals surface area contributed by atoms with Crippen molar-refractivity contribution in [1.82, 2.24) is 4.98 Å². The Balaban J connectivity index is 2.84. The second-order valence-electron chi connectivity index (χ2n) is 2.78. The number of pyridine rings is 1. The second-order valence-corrected chi connectivity index (χ2v) is 3.13. The Labute approximate surface area is 84.6 Å². The molecule has 0 saturated carbocycles. The average molecular weight is 207 g/mol. The van der Waals surface area contributed by atoms with Crippen LogP contribution in [-0.4, -0.2) is 4.98 Å². The van der Waals surface area contributed by atoms with Crippen LogP contribution in [0.15, 0.2) is 24.3 Å². The van der Waals surface area contributed by atoms with Crippen molar-refractivity contribution in [3.8, 4) is 6.07 Å². The predicted molar refractivity (Wildman–Crippen MR) is 51.4 cm³/mol. The van der Waals surface area contributed by atoms with E-state index in [-0.39, 0.29) is 16.7 Å². The summed E-state index contributed by atoms with van der Waals surface area (Å²) in [5.74, 6) is -0.370. The molecule has 2 aromatic rings. The number of benzene rings is 1. The van der Waals surface area contributed by atoms with Crippen molar-refractivity contribution < 1.29 is 4.39 Å². The van der Waals surface area contributed by atoms with Crippen molar-refractivity contribution in [2.75, 3.05) is 0 Å². The average Bonchev–Trinajstić information content (AvgIpc) is 2.19. The van der Waals surface area contributed by atoms with Gasteiger partial charge in [-0.05, 0) is 23.6 Å². The lowest BCUT2D eigenvalue weighted by atomic mass is 10.1. The molecule has 14 heavy (non-hydrogen) atoms. The van der Waals surface area contributed by atoms with Gasteiger partial charge in [-0.2, -0.15) is 5.26 Å². The second kappa shape index (κ2) is 3.24. The third-order valence-electron chi connectivity index (χ3n) is 1.86. The van der Waals surface area contributed by atoms with Gasteiger partial charge in [0.15, 0.2) is 0 Å². The molecule has 0 amide bonds. The van der Waals surface area contributed by atoms with Gasteiger partial charge in [0, 0.05) is 5.39 Å². The molecule has 1 aromatic carbocycles. The van der Waals surface area contributed by atoms with Crippen molar-refractivity contribution in [1.29, 1.82) is 5.26 Å². The lowest BCUT2D eigenvalue weighted by molar-refractivity contribution is 0.629. The number of hydrogen-bond acceptors (Lipinski definition) is 2. The fourth-order valence-electron chi connectivity index (χ4n) is 1.24. The van der Waals surface area contributed by atoms with Gasteiger partial charge in [0.1, 0.15) is 22.7 Å². The first-order chi connectivity index (χ1) is 6.70. The highest BCUT2D eigenvalue weighted by Gasteiger charge is 2.04. The van der Waals surface area contributed by atoms with Crippen LogP contribution < -0.4 is 0 Å². The predicted octanol–water partition coefficient (Wildman–Crippen LogP) is 2.90. The fraction of sp³-hybridized carbons (Fsp3) is 0. The Hall–Kier alpha value is -1.66. The first-order valence-corrected chi connectivity index (χ1v) is 4.24. The lowest BCUT2D eigenvalue weighted by Crippen LogP contribution is -1.86. The molecule has 0 radical (unpaired) electrons. The first-order valence-electron chi connectivity index (χ1n) is 3.86. The molecule has 0 aliphatic rings. The molecule has 0 fully saturated rings. The van der Waals surface area contributed by atoms with Crippen LogP contribution in [0, 0.1) is 17.1 Å². The largest absolute Gasteiger partial charge is 0.225 e. The van der Waals surface area contributed by atoms with Gasteiger partial charge in [-0.15, -0.1) is 0 Å². The summed E-state index contributed by atoms with van der Waals surface area (Å²) in [7, 11) is 0. The summed E-state index contributed by atoms with van der Waals surface area (Å²) in [6, 6.07) is 7.64. The van der Waals surface area contributed by atoms with Crippen LogP contribution in [-0.2, 0) is 0 Å². The Morgan fingerprint density at radius 2 is 2.14 bits per heavy atom. The highest BCUT2D eigenvalue weighted by atomic mass is 35.5. The number of nitrogens with zero attached hydrogens (tertiary/aromatic N) is 2. The molecule has 0 unspecified atom stereocenters. The minimum absolute atomic E-state index is 0.151. The van der Waals surface area contributed by atoms with E-state index < -0.39 is 0 Å². The molecule has 0 N–H and O–H groups in total. The van der Waals surface area contributed by atoms with Gasteiger partial charge in [-0.25, -0.2) is 9.37 Å². The summed E-state index contributed by atoms with van der Waals surface area (Å²) in [6.45, 7) is 0. The van der Waals surface area contributed by atoms with Crippen LogP contribution >= 0.6 is 11.6 Å². The summed E-state index contributed by atoms with van der Waals surface area (Å²) < 4.78 is 12.8. The Morgan fingerprint density at radius 3 is 2.86 bits per heavy atom. The zero-order chi connectivity index (χ0) is 10.1. The number of rotatable bonds is 0. The molecule has 0 aliphatic carbocycles. The van der Waals surface area contributed by atoms with E-state index in [1.54, 1.807) is 12.1 Å². The smallest absolute Gasteiger partial charge is 0.142 e. The molecule has 0 spiro atoms. The van der Waals surface area contributed by atoms with Crippen LogP contribution in [0.5, 0.6) is 0 Å². The molecule has 4 heteroatoms. The standard InChI is InChI=1S/C10H4ClFN2/c11-10-9-4-7(12)2-1-6(9)3-8(5-13)14-10/h1-4H. The Morgan fingerprint density at radius 1 is 1.36 bits per heavy atom. The summed E-state index contributed by atoms with van der Waals surface area (Å²) in [5.41, 5.74) is 0.231. The number of aromatic nitrogens is 1. The SMILES string of the molecule is N#Cc1cc2ccc(F)cc2c(Cl)n1. The van der Waals surface area contributed by atoms with Crippen LogP contribution in [0.4, 0.5) is 4.39 Å². The van der Waals surface area contributed by atoms with Crippen molar-refractivity contribution >= 4 is 22.4 Å². The molecular formula is C10H4ClFN2. The molecule has 0 bridgehead atoms. The van der Waals surface area contributed by atoms with Gasteiger partial charge in [-0.1, -0.05) is 17.7 Å². The Kier molecular flexibility index (Phi) is 2.06. The third kappa shape index (κ3) is 1.40. The summed E-state index contributed by atoms with van der Waals surface area (Å²) >= 11 is 5.78. The van der Waals surface area contributed by atoms with Crippen molar-refractivity contribution in [3.63, 3.8) is 0 Å². The van der Waals surface area contributed by atoms with Gasteiger partial charge in [0.2, 0.25) is 0 Å². The van der Waals surface area contributed by atoms with E-state index in [4.69, 9.17) is 16.9 Å². The van der Waals surface area contributed by atoms with E-state index in [2.05, 4.69) is 4.98 Å². The fourth-order valence-corrected chi connectivity index (χ4v) is 1.49. The van der Waals surface area contributed by atoms with E-state index in [1.807, 2.05) is 6.07 Å². The molecule has 0 aliphatic heterocycles. The Bertz CT molecular complexity index is 546. The van der Waals surface area contributed by atoms with E-state index >= 15 is 0 Å². The number of nitriles is 1. The van der Waals surface area contributed by atoms with Crippen LogP contribution in [0.2, 0.25) is 5.15 Å². The van der Waals surface area contributed by atoms with Crippen molar-refractivity contribution in [2.45, 2.75) is 0 Å². The molecule has 0 saturated heterocycles. The van der Waals surface area contributed by atoms with Gasteiger partial charge in [0.05, 0.1) is 0 Å². The highest BCUT2D eigenvalue weighted by Crippen LogP contribution is 2.23. The van der Waals surface area contributed by atoms with Crippen LogP contribution in [0.1, 0.15) is 5.69 Å². The van der Waals surface area contributed by atoms with Crippen molar-refractivity contribution in [3.05, 3.63) is 40.9 Å². The highest BCUT2D eigenvalue weighted by molar-refractivity contribution is 6.34. The number of halogens is 2. The van der Waals surface area contributed by atoms with Gasteiger partial charge in [-0.3, -0.25) is 0 Å². The minimum atomic E-state index is -0.370. The quantitative estimate of drug-likeness (QED) is 0.622. The topological polar surface area (TPSA) is 36.7 Å². The number of fused-ring (bicyclic) bond motifs is 1. The molecule has 68 valence electrons. The summed E-state index contributed by atoms with van der Waals surface area (Å²) in [5, 5.41) is 10.0. The molecule has 2 rings (SSSR count). The molecule has 2 nitrogen and oxygen atoms in total. The first kappa shape index (κ1) is 8.92. The van der Waals surface area contributed by atoms with E-state index in [0.29, 0.717) is 10.8 Å². The summed E-state index contributed by atoms with van der Waals surface area (Å²) in [6.07, 6.45) is 0. The zero-order valence-electron chi connectivity index (χ0n) is 6.96. The maximum Gasteiger partial charge on any atom is 0.142 e. The lowest BCUT2D eigenvalue weighted by Gasteiger charge is -2.00. The van der Waals surface area contributed by atoms with E-state index in [9.17, 15) is 4.39 Å². The van der Waals surface area contributed by atoms with Gasteiger partial charge < -0.3 is 0 Å². The summed E-state index contributed by atoms with van der Waals surface area (Å²) in [4.78, 5) is 3.80. The monoisotopic (exact) mass is 206 g/mol. The van der Waals surface area contributed by atoms with Crippen LogP contribution in [0.25, 0.3) is 10.8 Å². The van der Waals surface area contributed by atoms with E-state index in [1.165, 1.54) is 12.1 Å². The van der Waals surface area contributed by atoms with Gasteiger partial charge in [0.25, 0.3) is 0 Å². The maximum absolute atomic E-state index is 12.8.